The van der Waals surface area contributed by atoms with Crippen molar-refractivity contribution in [2.75, 3.05) is 19.3 Å². The summed E-state index contributed by atoms with van der Waals surface area (Å²) >= 11 is 0. The van der Waals surface area contributed by atoms with Gasteiger partial charge in [0.2, 0.25) is 0 Å². The number of nitrogens with two attached hydrogens (primary N) is 1. The molecule has 0 radical (unpaired) electrons. The lowest BCUT2D eigenvalue weighted by Gasteiger charge is -2.14. The number of rotatable bonds is 4. The van der Waals surface area contributed by atoms with Crippen molar-refractivity contribution in [2.45, 2.75) is 6.54 Å². The minimum atomic E-state index is 0.824. The Bertz CT molecular complexity index is 281. The first-order valence-electron chi connectivity index (χ1n) is 4.36. The molecule has 0 unspecified atom stereocenters. The first-order chi connectivity index (χ1) is 6.22. The van der Waals surface area contributed by atoms with Crippen molar-refractivity contribution in [2.24, 2.45) is 0 Å². The third-order valence-corrected chi connectivity index (χ3v) is 1.84. The van der Waals surface area contributed by atoms with Gasteiger partial charge in [0.1, 0.15) is 0 Å². The van der Waals surface area contributed by atoms with Crippen molar-refractivity contribution in [1.82, 2.24) is 4.90 Å². The van der Waals surface area contributed by atoms with E-state index in [4.69, 9.17) is 5.73 Å². The van der Waals surface area contributed by atoms with Crippen LogP contribution in [0.2, 0.25) is 0 Å². The quantitative estimate of drug-likeness (QED) is 0.560. The fourth-order valence-corrected chi connectivity index (χ4v) is 1.29. The third kappa shape index (κ3) is 3.30. The molecule has 0 heterocycles. The summed E-state index contributed by atoms with van der Waals surface area (Å²) in [5.41, 5.74) is 7.73. The molecule has 0 fully saturated rings. The summed E-state index contributed by atoms with van der Waals surface area (Å²) in [5, 5.41) is 0. The zero-order valence-corrected chi connectivity index (χ0v) is 8.03. The summed E-state index contributed by atoms with van der Waals surface area (Å²) < 4.78 is 0. The zero-order valence-electron chi connectivity index (χ0n) is 8.03. The summed E-state index contributed by atoms with van der Waals surface area (Å²) in [6.07, 6.45) is 1.90. The van der Waals surface area contributed by atoms with Crippen molar-refractivity contribution in [3.8, 4) is 0 Å². The fourth-order valence-electron chi connectivity index (χ4n) is 1.29. The summed E-state index contributed by atoms with van der Waals surface area (Å²) in [7, 11) is 2.06. The third-order valence-electron chi connectivity index (χ3n) is 1.84. The molecule has 1 aromatic carbocycles. The van der Waals surface area contributed by atoms with Crippen LogP contribution in [-0.4, -0.2) is 18.5 Å². The van der Waals surface area contributed by atoms with Gasteiger partial charge in [-0.15, -0.1) is 6.58 Å². The van der Waals surface area contributed by atoms with E-state index >= 15 is 0 Å². The van der Waals surface area contributed by atoms with Crippen molar-refractivity contribution < 1.29 is 0 Å². The van der Waals surface area contributed by atoms with Gasteiger partial charge in [-0.25, -0.2) is 0 Å². The largest absolute Gasteiger partial charge is 0.399 e. The second kappa shape index (κ2) is 4.67. The number of anilines is 1. The van der Waals surface area contributed by atoms with Gasteiger partial charge in [-0.1, -0.05) is 18.2 Å². The maximum atomic E-state index is 5.67. The second-order valence-electron chi connectivity index (χ2n) is 3.23. The first kappa shape index (κ1) is 9.81. The lowest BCUT2D eigenvalue weighted by molar-refractivity contribution is 0.364. The van der Waals surface area contributed by atoms with Crippen molar-refractivity contribution >= 4 is 5.69 Å². The van der Waals surface area contributed by atoms with E-state index in [-0.39, 0.29) is 0 Å². The van der Waals surface area contributed by atoms with Crippen LogP contribution >= 0.6 is 0 Å². The molecule has 1 aromatic rings. The highest BCUT2D eigenvalue weighted by Gasteiger charge is 1.97. The molecule has 0 aliphatic carbocycles. The Balaban J connectivity index is 2.58. The van der Waals surface area contributed by atoms with Crippen molar-refractivity contribution in [3.05, 3.63) is 42.5 Å². The van der Waals surface area contributed by atoms with Gasteiger partial charge >= 0.3 is 0 Å². The average molecular weight is 176 g/mol. The van der Waals surface area contributed by atoms with Gasteiger partial charge in [-0.3, -0.25) is 4.90 Å². The number of nitrogen functional groups attached to an aromatic ring is 1. The summed E-state index contributed by atoms with van der Waals surface area (Å²) in [6, 6.07) is 7.96. The van der Waals surface area contributed by atoms with E-state index < -0.39 is 0 Å². The minimum Gasteiger partial charge on any atom is -0.399 e. The number of hydrogen-bond acceptors (Lipinski definition) is 2. The molecule has 0 spiro atoms. The van der Waals surface area contributed by atoms with E-state index in [0.29, 0.717) is 0 Å². The molecule has 0 bridgehead atoms. The van der Waals surface area contributed by atoms with Gasteiger partial charge in [-0.2, -0.15) is 0 Å². The van der Waals surface area contributed by atoms with E-state index in [1.54, 1.807) is 0 Å². The predicted molar refractivity (Wildman–Crippen MR) is 57.4 cm³/mol. The molecule has 0 saturated carbocycles. The molecular weight excluding hydrogens is 160 g/mol. The van der Waals surface area contributed by atoms with Crippen LogP contribution in [0.15, 0.2) is 36.9 Å². The van der Waals surface area contributed by atoms with Crippen LogP contribution in [0.1, 0.15) is 5.56 Å². The molecule has 0 aromatic heterocycles. The average Bonchev–Trinajstić information content (AvgIpc) is 2.04. The number of benzene rings is 1. The predicted octanol–water partition coefficient (Wildman–Crippen LogP) is 1.89. The fraction of sp³-hybridized carbons (Fsp3) is 0.273. The van der Waals surface area contributed by atoms with Crippen molar-refractivity contribution in [1.29, 1.82) is 0 Å². The molecule has 70 valence electrons. The van der Waals surface area contributed by atoms with Crippen LogP contribution in [0.3, 0.4) is 0 Å². The van der Waals surface area contributed by atoms with E-state index in [1.807, 2.05) is 24.3 Å². The maximum Gasteiger partial charge on any atom is 0.0317 e. The van der Waals surface area contributed by atoms with E-state index in [2.05, 4.69) is 24.6 Å². The zero-order chi connectivity index (χ0) is 9.68. The first-order valence-corrected chi connectivity index (χ1v) is 4.36. The molecule has 2 nitrogen and oxygen atoms in total. The molecular formula is C11H16N2. The van der Waals surface area contributed by atoms with Gasteiger partial charge in [-0.05, 0) is 24.7 Å². The van der Waals surface area contributed by atoms with Gasteiger partial charge in [0, 0.05) is 18.8 Å². The monoisotopic (exact) mass is 176 g/mol. The normalized spacial score (nSPS) is 10.3. The van der Waals surface area contributed by atoms with Crippen LogP contribution < -0.4 is 5.73 Å². The topological polar surface area (TPSA) is 29.3 Å². The van der Waals surface area contributed by atoms with E-state index in [0.717, 1.165) is 18.8 Å². The highest BCUT2D eigenvalue weighted by molar-refractivity contribution is 5.40. The Morgan fingerprint density at radius 2 is 2.31 bits per heavy atom. The van der Waals surface area contributed by atoms with Crippen LogP contribution in [-0.2, 0) is 6.54 Å². The number of hydrogen-bond donors (Lipinski definition) is 1. The summed E-state index contributed by atoms with van der Waals surface area (Å²) in [5.74, 6) is 0. The van der Waals surface area contributed by atoms with Crippen molar-refractivity contribution in [3.63, 3.8) is 0 Å². The van der Waals surface area contributed by atoms with Gasteiger partial charge in [0.05, 0.1) is 0 Å². The van der Waals surface area contributed by atoms with Crippen LogP contribution in [0.4, 0.5) is 5.69 Å². The minimum absolute atomic E-state index is 0.824. The highest BCUT2D eigenvalue weighted by Crippen LogP contribution is 2.08. The van der Waals surface area contributed by atoms with Crippen LogP contribution in [0.25, 0.3) is 0 Å². The molecule has 0 saturated heterocycles. The summed E-state index contributed by atoms with van der Waals surface area (Å²) in [4.78, 5) is 2.18. The Hall–Kier alpha value is -1.28. The highest BCUT2D eigenvalue weighted by atomic mass is 15.1. The van der Waals surface area contributed by atoms with Gasteiger partial charge in [0.15, 0.2) is 0 Å². The molecule has 1 rings (SSSR count). The molecule has 0 aliphatic rings. The van der Waals surface area contributed by atoms with Crippen LogP contribution in [0.5, 0.6) is 0 Å². The Morgan fingerprint density at radius 1 is 1.54 bits per heavy atom. The molecule has 13 heavy (non-hydrogen) atoms. The number of nitrogens with zero attached hydrogens (tertiary/aromatic N) is 1. The molecule has 0 atom stereocenters. The Labute approximate surface area is 79.7 Å². The SMILES string of the molecule is C=CCN(C)Cc1cccc(N)c1. The van der Waals surface area contributed by atoms with E-state index in [9.17, 15) is 0 Å². The van der Waals surface area contributed by atoms with Crippen LogP contribution in [0, 0.1) is 0 Å². The lowest BCUT2D eigenvalue weighted by Crippen LogP contribution is -2.17. The molecule has 2 heteroatoms. The smallest absolute Gasteiger partial charge is 0.0317 e. The summed E-state index contributed by atoms with van der Waals surface area (Å²) in [6.45, 7) is 5.50. The Morgan fingerprint density at radius 3 is 2.92 bits per heavy atom. The lowest BCUT2D eigenvalue weighted by atomic mass is 10.2. The second-order valence-corrected chi connectivity index (χ2v) is 3.23. The maximum absolute atomic E-state index is 5.67. The molecule has 0 amide bonds. The Kier molecular flexibility index (Phi) is 3.53. The molecule has 2 N–H and O–H groups in total. The standard InChI is InChI=1S/C11H16N2/c1-3-7-13(2)9-10-5-4-6-11(12)8-10/h3-6,8H,1,7,9,12H2,2H3. The molecule has 0 aliphatic heterocycles. The van der Waals surface area contributed by atoms with Gasteiger partial charge in [0.25, 0.3) is 0 Å². The number of likely N-dealkylation sites (N-methyl/N-ethyl adjacent to an activating group) is 1. The van der Waals surface area contributed by atoms with E-state index in [1.165, 1.54) is 5.56 Å². The van der Waals surface area contributed by atoms with Gasteiger partial charge < -0.3 is 5.73 Å².